The lowest BCUT2D eigenvalue weighted by Crippen LogP contribution is -2.17. The number of rotatable bonds is 9. The Morgan fingerprint density at radius 2 is 1.44 bits per heavy atom. The highest BCUT2D eigenvalue weighted by Gasteiger charge is 2.20. The number of esters is 3. The third kappa shape index (κ3) is 6.42. The summed E-state index contributed by atoms with van der Waals surface area (Å²) in [4.78, 5) is 34.2. The molecule has 1 unspecified atom stereocenters. The summed E-state index contributed by atoms with van der Waals surface area (Å²) in [7, 11) is 0. The molecule has 6 nitrogen and oxygen atoms in total. The van der Waals surface area contributed by atoms with Crippen LogP contribution in [0.25, 0.3) is 11.1 Å². The highest BCUT2D eigenvalue weighted by molar-refractivity contribution is 5.85. The summed E-state index contributed by atoms with van der Waals surface area (Å²) >= 11 is 0. The summed E-state index contributed by atoms with van der Waals surface area (Å²) in [6.07, 6.45) is 8.18. The first-order valence-corrected chi connectivity index (χ1v) is 10.9. The Bertz CT molecular complexity index is 1140. The highest BCUT2D eigenvalue weighted by atomic mass is 16.6. The van der Waals surface area contributed by atoms with Gasteiger partial charge in [0.25, 0.3) is 0 Å². The van der Waals surface area contributed by atoms with Crippen molar-refractivity contribution in [3.63, 3.8) is 0 Å². The second kappa shape index (κ2) is 11.6. The van der Waals surface area contributed by atoms with E-state index in [9.17, 15) is 14.4 Å². The van der Waals surface area contributed by atoms with Crippen LogP contribution < -0.4 is 9.47 Å². The van der Waals surface area contributed by atoms with Crippen LogP contribution in [0, 0.1) is 5.92 Å². The number of benzene rings is 2. The SMILES string of the molecule is C=CC(=O)OCC(=O)Oc1ccc(C2=CC=C(c3ccc(OC(=O)C=C)cc3)C(CC)C2)cc1. The summed E-state index contributed by atoms with van der Waals surface area (Å²) in [6, 6.07) is 14.7. The molecule has 2 aromatic carbocycles. The summed E-state index contributed by atoms with van der Waals surface area (Å²) < 4.78 is 15.0. The Morgan fingerprint density at radius 1 is 0.853 bits per heavy atom. The molecule has 1 aliphatic rings. The van der Waals surface area contributed by atoms with Gasteiger partial charge in [-0.25, -0.2) is 14.4 Å². The second-order valence-electron chi connectivity index (χ2n) is 7.58. The average Bonchev–Trinajstić information content (AvgIpc) is 2.87. The van der Waals surface area contributed by atoms with Crippen molar-refractivity contribution in [1.82, 2.24) is 0 Å². The fourth-order valence-corrected chi connectivity index (χ4v) is 3.64. The zero-order chi connectivity index (χ0) is 24.5. The van der Waals surface area contributed by atoms with Crippen LogP contribution in [0.3, 0.4) is 0 Å². The van der Waals surface area contributed by atoms with Gasteiger partial charge >= 0.3 is 17.9 Å². The first-order valence-electron chi connectivity index (χ1n) is 10.9. The van der Waals surface area contributed by atoms with Crippen molar-refractivity contribution in [1.29, 1.82) is 0 Å². The van der Waals surface area contributed by atoms with Crippen LogP contribution in [0.4, 0.5) is 0 Å². The van der Waals surface area contributed by atoms with Crippen molar-refractivity contribution >= 4 is 29.1 Å². The van der Waals surface area contributed by atoms with E-state index >= 15 is 0 Å². The summed E-state index contributed by atoms with van der Waals surface area (Å²) in [6.45, 7) is 8.36. The van der Waals surface area contributed by atoms with Crippen molar-refractivity contribution in [3.8, 4) is 11.5 Å². The molecular formula is C28H26O6. The lowest BCUT2D eigenvalue weighted by atomic mass is 9.80. The minimum absolute atomic E-state index is 0.332. The van der Waals surface area contributed by atoms with Crippen LogP contribution in [-0.4, -0.2) is 24.5 Å². The lowest BCUT2D eigenvalue weighted by Gasteiger charge is -2.25. The van der Waals surface area contributed by atoms with Crippen LogP contribution in [0.5, 0.6) is 11.5 Å². The fourth-order valence-electron chi connectivity index (χ4n) is 3.64. The molecule has 0 fully saturated rings. The molecular weight excluding hydrogens is 432 g/mol. The van der Waals surface area contributed by atoms with Crippen molar-refractivity contribution in [2.24, 2.45) is 5.92 Å². The van der Waals surface area contributed by atoms with Crippen LogP contribution in [0.1, 0.15) is 30.9 Å². The van der Waals surface area contributed by atoms with Crippen molar-refractivity contribution in [2.75, 3.05) is 6.61 Å². The van der Waals surface area contributed by atoms with Gasteiger partial charge < -0.3 is 14.2 Å². The molecule has 0 aliphatic heterocycles. The molecule has 0 radical (unpaired) electrons. The standard InChI is InChI=1S/C28H26O6/c1-4-19-17-22(11-16-25(19)21-9-14-23(15-10-21)33-27(30)6-3)20-7-12-24(13-8-20)34-28(31)18-32-26(29)5-2/h5-16,19H,2-4,17-18H2,1H3. The number of allylic oxidation sites excluding steroid dienone is 4. The molecule has 34 heavy (non-hydrogen) atoms. The maximum absolute atomic E-state index is 11.8. The summed E-state index contributed by atoms with van der Waals surface area (Å²) in [5, 5.41) is 0. The monoisotopic (exact) mass is 458 g/mol. The van der Waals surface area contributed by atoms with E-state index in [1.807, 2.05) is 24.3 Å². The molecule has 0 aromatic heterocycles. The zero-order valence-electron chi connectivity index (χ0n) is 19.0. The molecule has 0 amide bonds. The van der Waals surface area contributed by atoms with Crippen molar-refractivity contribution in [3.05, 3.63) is 97.1 Å². The van der Waals surface area contributed by atoms with E-state index in [0.29, 0.717) is 17.4 Å². The first kappa shape index (κ1) is 24.5. The van der Waals surface area contributed by atoms with Crippen molar-refractivity contribution < 1.29 is 28.6 Å². The quantitative estimate of drug-likeness (QED) is 0.288. The predicted octanol–water partition coefficient (Wildman–Crippen LogP) is 5.31. The predicted molar refractivity (Wildman–Crippen MR) is 130 cm³/mol. The highest BCUT2D eigenvalue weighted by Crippen LogP contribution is 2.38. The topological polar surface area (TPSA) is 78.9 Å². The van der Waals surface area contributed by atoms with Crippen LogP contribution >= 0.6 is 0 Å². The van der Waals surface area contributed by atoms with Gasteiger partial charge in [-0.3, -0.25) is 0 Å². The van der Waals surface area contributed by atoms with Gasteiger partial charge in [-0.15, -0.1) is 0 Å². The Kier molecular flexibility index (Phi) is 8.35. The van der Waals surface area contributed by atoms with E-state index in [-0.39, 0.29) is 0 Å². The molecule has 0 saturated heterocycles. The van der Waals surface area contributed by atoms with E-state index < -0.39 is 24.5 Å². The van der Waals surface area contributed by atoms with E-state index in [1.54, 1.807) is 24.3 Å². The van der Waals surface area contributed by atoms with Gasteiger partial charge in [0.15, 0.2) is 6.61 Å². The molecule has 2 aromatic rings. The molecule has 174 valence electrons. The smallest absolute Gasteiger partial charge is 0.349 e. The third-order valence-electron chi connectivity index (χ3n) is 5.39. The van der Waals surface area contributed by atoms with Gasteiger partial charge in [0.05, 0.1) is 0 Å². The molecule has 0 bridgehead atoms. The number of hydrogen-bond acceptors (Lipinski definition) is 6. The number of carbonyl (C=O) groups excluding carboxylic acids is 3. The van der Waals surface area contributed by atoms with E-state index in [2.05, 4.69) is 37.0 Å². The molecule has 3 rings (SSSR count). The van der Waals surface area contributed by atoms with E-state index in [0.717, 1.165) is 36.1 Å². The Hall–Kier alpha value is -4.19. The van der Waals surface area contributed by atoms with Crippen LogP contribution in [0.15, 0.2) is 86.0 Å². The normalized spacial score (nSPS) is 14.8. The third-order valence-corrected chi connectivity index (χ3v) is 5.39. The molecule has 0 N–H and O–H groups in total. The summed E-state index contributed by atoms with van der Waals surface area (Å²) in [5.41, 5.74) is 4.54. The molecule has 0 heterocycles. The van der Waals surface area contributed by atoms with Gasteiger partial charge in [-0.1, -0.05) is 56.5 Å². The second-order valence-corrected chi connectivity index (χ2v) is 7.58. The van der Waals surface area contributed by atoms with Gasteiger partial charge in [-0.05, 0) is 65.3 Å². The Balaban J connectivity index is 1.69. The minimum Gasteiger partial charge on any atom is -0.451 e. The minimum atomic E-state index is -0.679. The first-order chi connectivity index (χ1) is 16.4. The van der Waals surface area contributed by atoms with Gasteiger partial charge in [-0.2, -0.15) is 0 Å². The number of ether oxygens (including phenoxy) is 3. The lowest BCUT2D eigenvalue weighted by molar-refractivity contribution is -0.150. The van der Waals surface area contributed by atoms with Crippen LogP contribution in [-0.2, 0) is 19.1 Å². The fraction of sp³-hybridized carbons (Fsp3) is 0.179. The largest absolute Gasteiger partial charge is 0.451 e. The van der Waals surface area contributed by atoms with Gasteiger partial charge in [0, 0.05) is 12.2 Å². The van der Waals surface area contributed by atoms with E-state index in [1.165, 1.54) is 11.1 Å². The molecule has 1 aliphatic carbocycles. The number of carbonyl (C=O) groups is 3. The average molecular weight is 459 g/mol. The zero-order valence-corrected chi connectivity index (χ0v) is 19.0. The number of hydrogen-bond donors (Lipinski definition) is 0. The molecule has 0 saturated carbocycles. The maximum Gasteiger partial charge on any atom is 0.349 e. The Labute approximate surface area is 198 Å². The van der Waals surface area contributed by atoms with Gasteiger partial charge in [0.2, 0.25) is 0 Å². The van der Waals surface area contributed by atoms with Crippen molar-refractivity contribution in [2.45, 2.75) is 19.8 Å². The Morgan fingerprint density at radius 3 is 2.03 bits per heavy atom. The van der Waals surface area contributed by atoms with E-state index in [4.69, 9.17) is 9.47 Å². The maximum atomic E-state index is 11.8. The molecule has 0 spiro atoms. The van der Waals surface area contributed by atoms with Crippen LogP contribution in [0.2, 0.25) is 0 Å². The molecule has 1 atom stereocenters. The molecule has 6 heteroatoms. The summed E-state index contributed by atoms with van der Waals surface area (Å²) in [5.74, 6) is -0.640. The van der Waals surface area contributed by atoms with Gasteiger partial charge in [0.1, 0.15) is 11.5 Å².